The number of imide groups is 1. The molecule has 2 amide bonds. The van der Waals surface area contributed by atoms with E-state index in [0.29, 0.717) is 11.8 Å². The minimum absolute atomic E-state index is 0.0817. The standard InChI is InChI=1S/C18H14FNO2/c19-13-3-1-2-4-14(13)20-17(21)15-11-7-8-12(16(15)18(20)22)10-6-5-9(10)11/h1-12,15-16H. The molecule has 0 spiro atoms. The second-order valence-electron chi connectivity index (χ2n) is 6.59. The number of carbonyl (C=O) groups is 2. The van der Waals surface area contributed by atoms with Gasteiger partial charge in [0.1, 0.15) is 5.82 Å². The lowest BCUT2D eigenvalue weighted by Crippen LogP contribution is -2.50. The van der Waals surface area contributed by atoms with Crippen molar-refractivity contribution in [1.29, 1.82) is 0 Å². The van der Waals surface area contributed by atoms with E-state index in [1.54, 1.807) is 12.1 Å². The van der Waals surface area contributed by atoms with Gasteiger partial charge in [0.05, 0.1) is 17.5 Å². The average molecular weight is 295 g/mol. The first-order valence-corrected chi connectivity index (χ1v) is 7.67. The lowest BCUT2D eigenvalue weighted by Gasteiger charge is -2.51. The fraction of sp³-hybridized carbons (Fsp3) is 0.333. The van der Waals surface area contributed by atoms with Crippen LogP contribution >= 0.6 is 0 Å². The summed E-state index contributed by atoms with van der Waals surface area (Å²) in [4.78, 5) is 26.8. The molecule has 6 unspecified atom stereocenters. The average Bonchev–Trinajstić information content (AvgIpc) is 2.73. The SMILES string of the molecule is O=C1C2C3C=CC(C4C=CC43)C2C(=O)N1c1ccccc1F. The second kappa shape index (κ2) is 3.94. The number of amides is 2. The third-order valence-corrected chi connectivity index (χ3v) is 5.77. The van der Waals surface area contributed by atoms with Gasteiger partial charge in [-0.15, -0.1) is 0 Å². The molecule has 5 aliphatic rings. The Morgan fingerprint density at radius 2 is 1.27 bits per heavy atom. The van der Waals surface area contributed by atoms with Crippen LogP contribution in [0.3, 0.4) is 0 Å². The first kappa shape index (κ1) is 12.3. The molecule has 4 heteroatoms. The number of allylic oxidation sites excluding steroid dienone is 4. The Balaban J connectivity index is 1.62. The van der Waals surface area contributed by atoms with Crippen LogP contribution in [0.5, 0.6) is 0 Å². The maximum atomic E-state index is 14.1. The molecule has 3 nitrogen and oxygen atoms in total. The Kier molecular flexibility index (Phi) is 2.21. The normalized spacial score (nSPS) is 40.7. The van der Waals surface area contributed by atoms with Crippen molar-refractivity contribution in [2.24, 2.45) is 35.5 Å². The smallest absolute Gasteiger partial charge is 0.238 e. The molecular weight excluding hydrogens is 281 g/mol. The number of rotatable bonds is 1. The summed E-state index contributed by atoms with van der Waals surface area (Å²) in [6.07, 6.45) is 8.47. The van der Waals surface area contributed by atoms with Crippen LogP contribution in [-0.4, -0.2) is 11.8 Å². The molecule has 4 aliphatic carbocycles. The van der Waals surface area contributed by atoms with E-state index in [1.807, 2.05) is 0 Å². The Hall–Kier alpha value is -2.23. The topological polar surface area (TPSA) is 37.4 Å². The van der Waals surface area contributed by atoms with Crippen molar-refractivity contribution in [3.63, 3.8) is 0 Å². The van der Waals surface area contributed by atoms with E-state index >= 15 is 0 Å². The number of hydrogen-bond donors (Lipinski definition) is 0. The lowest BCUT2D eigenvalue weighted by atomic mass is 9.50. The molecule has 6 atom stereocenters. The van der Waals surface area contributed by atoms with Crippen LogP contribution in [0, 0.1) is 41.3 Å². The molecule has 1 aromatic carbocycles. The van der Waals surface area contributed by atoms with Gasteiger partial charge in [-0.1, -0.05) is 36.4 Å². The zero-order valence-corrected chi connectivity index (χ0v) is 11.7. The van der Waals surface area contributed by atoms with Gasteiger partial charge >= 0.3 is 0 Å². The molecular formula is C18H14FNO2. The number of carbonyl (C=O) groups excluding carboxylic acids is 2. The summed E-state index contributed by atoms with van der Waals surface area (Å²) < 4.78 is 14.1. The van der Waals surface area contributed by atoms with Crippen molar-refractivity contribution in [2.45, 2.75) is 0 Å². The molecule has 1 aromatic rings. The summed E-state index contributed by atoms with van der Waals surface area (Å²) in [5.41, 5.74) is 0.0895. The summed E-state index contributed by atoms with van der Waals surface area (Å²) >= 11 is 0. The lowest BCUT2D eigenvalue weighted by molar-refractivity contribution is -0.127. The monoisotopic (exact) mass is 295 g/mol. The Labute approximate surface area is 127 Å². The van der Waals surface area contributed by atoms with E-state index in [4.69, 9.17) is 0 Å². The Morgan fingerprint density at radius 3 is 1.77 bits per heavy atom. The fourth-order valence-corrected chi connectivity index (χ4v) is 4.76. The number of para-hydroxylation sites is 1. The van der Waals surface area contributed by atoms with Crippen molar-refractivity contribution < 1.29 is 14.0 Å². The highest BCUT2D eigenvalue weighted by atomic mass is 19.1. The van der Waals surface area contributed by atoms with Gasteiger partial charge in [0, 0.05) is 0 Å². The predicted octanol–water partition coefficient (Wildman–Crippen LogP) is 2.55. The quantitative estimate of drug-likeness (QED) is 0.590. The first-order chi connectivity index (χ1) is 10.7. The van der Waals surface area contributed by atoms with Crippen LogP contribution in [0.2, 0.25) is 0 Å². The summed E-state index contributed by atoms with van der Waals surface area (Å²) in [5.74, 6) is -0.749. The van der Waals surface area contributed by atoms with Crippen LogP contribution in [-0.2, 0) is 9.59 Å². The maximum Gasteiger partial charge on any atom is 0.238 e. The number of halogens is 1. The molecule has 1 aliphatic heterocycles. The summed E-state index contributed by atoms with van der Waals surface area (Å²) in [6.45, 7) is 0. The van der Waals surface area contributed by atoms with E-state index in [1.165, 1.54) is 12.1 Å². The molecule has 22 heavy (non-hydrogen) atoms. The molecule has 1 heterocycles. The Bertz CT molecular complexity index is 728. The van der Waals surface area contributed by atoms with Crippen LogP contribution in [0.15, 0.2) is 48.6 Å². The highest BCUT2D eigenvalue weighted by Gasteiger charge is 2.63. The minimum atomic E-state index is -0.524. The number of nitrogens with zero attached hydrogens (tertiary/aromatic N) is 1. The van der Waals surface area contributed by atoms with Crippen molar-refractivity contribution in [1.82, 2.24) is 0 Å². The largest absolute Gasteiger partial charge is 0.274 e. The van der Waals surface area contributed by atoms with Gasteiger partial charge in [0.25, 0.3) is 0 Å². The zero-order valence-electron chi connectivity index (χ0n) is 11.7. The number of hydrogen-bond acceptors (Lipinski definition) is 2. The molecule has 110 valence electrons. The molecule has 0 radical (unpaired) electrons. The van der Waals surface area contributed by atoms with E-state index < -0.39 is 5.82 Å². The van der Waals surface area contributed by atoms with Crippen LogP contribution in [0.25, 0.3) is 0 Å². The van der Waals surface area contributed by atoms with Crippen molar-refractivity contribution in [3.8, 4) is 0 Å². The highest BCUT2D eigenvalue weighted by Crippen LogP contribution is 2.59. The fourth-order valence-electron chi connectivity index (χ4n) is 4.76. The summed E-state index contributed by atoms with van der Waals surface area (Å²) in [6, 6.07) is 6.01. The van der Waals surface area contributed by atoms with Gasteiger partial charge in [-0.2, -0.15) is 0 Å². The molecule has 1 saturated heterocycles. The molecule has 0 aromatic heterocycles. The van der Waals surface area contributed by atoms with Gasteiger partial charge in [-0.05, 0) is 35.8 Å². The van der Waals surface area contributed by atoms with E-state index in [-0.39, 0.29) is 41.2 Å². The number of anilines is 1. The van der Waals surface area contributed by atoms with Crippen molar-refractivity contribution in [3.05, 3.63) is 54.4 Å². The van der Waals surface area contributed by atoms with Gasteiger partial charge in [0.15, 0.2) is 0 Å². The molecule has 2 fully saturated rings. The molecule has 1 saturated carbocycles. The molecule has 0 N–H and O–H groups in total. The maximum absolute atomic E-state index is 14.1. The third kappa shape index (κ3) is 1.27. The first-order valence-electron chi connectivity index (χ1n) is 7.67. The van der Waals surface area contributed by atoms with Crippen molar-refractivity contribution in [2.75, 3.05) is 4.90 Å². The number of benzene rings is 1. The zero-order chi connectivity index (χ0) is 15.0. The Morgan fingerprint density at radius 1 is 0.773 bits per heavy atom. The van der Waals surface area contributed by atoms with Gasteiger partial charge < -0.3 is 0 Å². The van der Waals surface area contributed by atoms with Gasteiger partial charge in [-0.25, -0.2) is 9.29 Å². The molecule has 2 bridgehead atoms. The van der Waals surface area contributed by atoms with Crippen molar-refractivity contribution >= 4 is 17.5 Å². The predicted molar refractivity (Wildman–Crippen MR) is 78.1 cm³/mol. The van der Waals surface area contributed by atoms with Crippen LogP contribution in [0.4, 0.5) is 10.1 Å². The van der Waals surface area contributed by atoms with Gasteiger partial charge in [0.2, 0.25) is 11.8 Å². The van der Waals surface area contributed by atoms with Gasteiger partial charge in [-0.3, -0.25) is 9.59 Å². The van der Waals surface area contributed by atoms with E-state index in [2.05, 4.69) is 24.3 Å². The second-order valence-corrected chi connectivity index (χ2v) is 6.59. The van der Waals surface area contributed by atoms with E-state index in [0.717, 1.165) is 4.90 Å². The molecule has 6 rings (SSSR count). The van der Waals surface area contributed by atoms with E-state index in [9.17, 15) is 14.0 Å². The highest BCUT2D eigenvalue weighted by molar-refractivity contribution is 6.22. The third-order valence-electron chi connectivity index (χ3n) is 5.77. The van der Waals surface area contributed by atoms with Crippen LogP contribution in [0.1, 0.15) is 0 Å². The summed E-state index contributed by atoms with van der Waals surface area (Å²) in [7, 11) is 0. The minimum Gasteiger partial charge on any atom is -0.274 e. The van der Waals surface area contributed by atoms with Crippen LogP contribution < -0.4 is 4.90 Å². The summed E-state index contributed by atoms with van der Waals surface area (Å²) in [5, 5.41) is 0.